The van der Waals surface area contributed by atoms with Gasteiger partial charge in [-0.2, -0.15) is 5.10 Å². The molecular weight excluding hydrogens is 541 g/mol. The summed E-state index contributed by atoms with van der Waals surface area (Å²) < 4.78 is 40.1. The van der Waals surface area contributed by atoms with Gasteiger partial charge in [0.15, 0.2) is 5.65 Å². The second-order valence-corrected chi connectivity index (χ2v) is 11.8. The molecule has 0 aliphatic carbocycles. The molecule has 9 nitrogen and oxygen atoms in total. The Morgan fingerprint density at radius 1 is 0.902 bits per heavy atom. The highest BCUT2D eigenvalue weighted by molar-refractivity contribution is 7.88. The summed E-state index contributed by atoms with van der Waals surface area (Å²) in [5.41, 5.74) is 7.99. The molecule has 0 spiro atoms. The first kappa shape index (κ1) is 26.8. The highest BCUT2D eigenvalue weighted by Gasteiger charge is 2.16. The Hall–Kier alpha value is -4.45. The molecule has 4 N–H and O–H groups in total. The van der Waals surface area contributed by atoms with Gasteiger partial charge >= 0.3 is 0 Å². The van der Waals surface area contributed by atoms with Gasteiger partial charge in [-0.15, -0.1) is 0 Å². The summed E-state index contributed by atoms with van der Waals surface area (Å²) in [7, 11) is -3.41. The van der Waals surface area contributed by atoms with Crippen LogP contribution in [0.3, 0.4) is 0 Å². The molecule has 0 radical (unpaired) electrons. The fourth-order valence-corrected chi connectivity index (χ4v) is 5.36. The molecule has 0 fully saturated rings. The third-order valence-corrected chi connectivity index (χ3v) is 7.52. The van der Waals surface area contributed by atoms with E-state index >= 15 is 0 Å². The van der Waals surface area contributed by atoms with Crippen LogP contribution in [0.4, 0.5) is 4.39 Å². The minimum absolute atomic E-state index is 0.0000923. The number of rotatable bonds is 9. The van der Waals surface area contributed by atoms with Gasteiger partial charge in [0, 0.05) is 59.1 Å². The molecule has 0 amide bonds. The van der Waals surface area contributed by atoms with Crippen LogP contribution in [0.2, 0.25) is 0 Å². The molecule has 0 unspecified atom stereocenters. The van der Waals surface area contributed by atoms with Gasteiger partial charge in [-0.05, 0) is 71.3 Å². The van der Waals surface area contributed by atoms with E-state index in [4.69, 9.17) is 0 Å². The van der Waals surface area contributed by atoms with Crippen LogP contribution in [0.1, 0.15) is 18.1 Å². The molecule has 11 heteroatoms. The predicted molar refractivity (Wildman–Crippen MR) is 159 cm³/mol. The van der Waals surface area contributed by atoms with Crippen molar-refractivity contribution in [3.05, 3.63) is 90.1 Å². The smallest absolute Gasteiger partial charge is 0.209 e. The van der Waals surface area contributed by atoms with Crippen LogP contribution in [0.25, 0.3) is 55.6 Å². The van der Waals surface area contributed by atoms with Crippen molar-refractivity contribution in [3.8, 4) is 33.6 Å². The number of sulfonamides is 1. The Labute approximate surface area is 236 Å². The maximum Gasteiger partial charge on any atom is 0.209 e. The van der Waals surface area contributed by atoms with Crippen LogP contribution in [0.5, 0.6) is 0 Å². The van der Waals surface area contributed by atoms with Gasteiger partial charge in [-0.25, -0.2) is 22.5 Å². The first-order valence-electron chi connectivity index (χ1n) is 13.1. The summed E-state index contributed by atoms with van der Waals surface area (Å²) in [6.07, 6.45) is 6.56. The summed E-state index contributed by atoms with van der Waals surface area (Å²) in [5, 5.41) is 12.6. The zero-order valence-corrected chi connectivity index (χ0v) is 23.3. The predicted octanol–water partition coefficient (Wildman–Crippen LogP) is 5.13. The van der Waals surface area contributed by atoms with Crippen LogP contribution < -0.4 is 10.0 Å². The molecule has 2 aromatic carbocycles. The van der Waals surface area contributed by atoms with Crippen LogP contribution in [0.15, 0.2) is 73.2 Å². The fourth-order valence-electron chi connectivity index (χ4n) is 4.93. The number of hydrogen-bond donors (Lipinski definition) is 4. The number of aromatic amines is 2. The van der Waals surface area contributed by atoms with E-state index in [2.05, 4.69) is 54.2 Å². The Morgan fingerprint density at radius 3 is 2.56 bits per heavy atom. The molecule has 0 bridgehead atoms. The Kier molecular flexibility index (Phi) is 7.08. The van der Waals surface area contributed by atoms with Crippen LogP contribution in [0, 0.1) is 5.82 Å². The monoisotopic (exact) mass is 569 g/mol. The largest absolute Gasteiger partial charge is 0.353 e. The van der Waals surface area contributed by atoms with E-state index in [0.717, 1.165) is 63.6 Å². The van der Waals surface area contributed by atoms with Crippen molar-refractivity contribution in [1.82, 2.24) is 35.2 Å². The lowest BCUT2D eigenvalue weighted by molar-refractivity contribution is 0.586. The molecule has 0 atom stereocenters. The Balaban J connectivity index is 1.39. The molecule has 4 heterocycles. The number of aromatic nitrogens is 5. The van der Waals surface area contributed by atoms with Crippen molar-refractivity contribution in [3.63, 3.8) is 0 Å². The zero-order chi connectivity index (χ0) is 28.6. The standard InChI is InChI=1S/C30H28FN7O2S/c1-3-32-13-19-8-21(16-33-14-19)22-11-26-29(37-38-30(26)34-17-22)28-12-25-24(5-4-6-27(25)36-28)20-7-18(9-23(31)10-20)15-35-41(2,39)40/h4-12,14,16-17,32,35-36H,3,13,15H2,1-2H3,(H,34,37,38). The average Bonchev–Trinajstić information content (AvgIpc) is 3.58. The van der Waals surface area contributed by atoms with Gasteiger partial charge in [-0.3, -0.25) is 10.1 Å². The van der Waals surface area contributed by atoms with Gasteiger partial charge < -0.3 is 10.3 Å². The minimum Gasteiger partial charge on any atom is -0.353 e. The number of benzene rings is 2. The molecule has 6 aromatic rings. The summed E-state index contributed by atoms with van der Waals surface area (Å²) in [4.78, 5) is 12.5. The highest BCUT2D eigenvalue weighted by Crippen LogP contribution is 2.35. The highest BCUT2D eigenvalue weighted by atomic mass is 32.2. The third-order valence-electron chi connectivity index (χ3n) is 6.85. The zero-order valence-electron chi connectivity index (χ0n) is 22.5. The molecular formula is C30H28FN7O2S. The van der Waals surface area contributed by atoms with Crippen molar-refractivity contribution in [2.24, 2.45) is 0 Å². The Morgan fingerprint density at radius 2 is 1.73 bits per heavy atom. The van der Waals surface area contributed by atoms with Gasteiger partial charge in [0.05, 0.1) is 11.9 Å². The van der Waals surface area contributed by atoms with Gasteiger partial charge in [0.1, 0.15) is 11.5 Å². The summed E-state index contributed by atoms with van der Waals surface area (Å²) in [5.74, 6) is -0.443. The first-order valence-corrected chi connectivity index (χ1v) is 15.0. The lowest BCUT2D eigenvalue weighted by Crippen LogP contribution is -2.21. The minimum atomic E-state index is -3.41. The maximum atomic E-state index is 14.6. The molecule has 0 saturated carbocycles. The van der Waals surface area contributed by atoms with Crippen molar-refractivity contribution in [1.29, 1.82) is 0 Å². The van der Waals surface area contributed by atoms with E-state index in [1.165, 1.54) is 12.1 Å². The SMILES string of the molecule is CCNCc1cncc(-c2cnc3[nH]nc(-c4cc5c(-c6cc(F)cc(CNS(C)(=O)=O)c6)cccc5[nH]4)c3c2)c1. The maximum absolute atomic E-state index is 14.6. The molecule has 4 aromatic heterocycles. The molecule has 6 rings (SSSR count). The van der Waals surface area contributed by atoms with Crippen LogP contribution >= 0.6 is 0 Å². The summed E-state index contributed by atoms with van der Waals surface area (Å²) in [6, 6.07) is 16.5. The molecule has 208 valence electrons. The Bertz CT molecular complexity index is 2000. The topological polar surface area (TPSA) is 128 Å². The van der Waals surface area contributed by atoms with Crippen molar-refractivity contribution in [2.75, 3.05) is 12.8 Å². The van der Waals surface area contributed by atoms with Gasteiger partial charge in [-0.1, -0.05) is 19.1 Å². The van der Waals surface area contributed by atoms with E-state index < -0.39 is 15.8 Å². The molecule has 41 heavy (non-hydrogen) atoms. The van der Waals surface area contributed by atoms with Crippen LogP contribution in [-0.2, 0) is 23.1 Å². The average molecular weight is 570 g/mol. The normalized spacial score (nSPS) is 12.0. The van der Waals surface area contributed by atoms with E-state index in [1.807, 2.05) is 42.9 Å². The first-order chi connectivity index (χ1) is 19.8. The van der Waals surface area contributed by atoms with Gasteiger partial charge in [0.2, 0.25) is 10.0 Å². The molecule has 0 aliphatic rings. The second-order valence-electron chi connectivity index (χ2n) is 9.95. The summed E-state index contributed by atoms with van der Waals surface area (Å²) >= 11 is 0. The number of H-pyrrole nitrogens is 2. The van der Waals surface area contributed by atoms with E-state index in [0.29, 0.717) is 22.5 Å². The second kappa shape index (κ2) is 10.8. The quantitative estimate of drug-likeness (QED) is 0.191. The molecule has 0 aliphatic heterocycles. The van der Waals surface area contributed by atoms with E-state index in [9.17, 15) is 12.8 Å². The number of fused-ring (bicyclic) bond motifs is 2. The van der Waals surface area contributed by atoms with Crippen molar-refractivity contribution >= 4 is 32.0 Å². The lowest BCUT2D eigenvalue weighted by Gasteiger charge is -2.08. The van der Waals surface area contributed by atoms with Gasteiger partial charge in [0.25, 0.3) is 0 Å². The van der Waals surface area contributed by atoms with Crippen molar-refractivity contribution in [2.45, 2.75) is 20.0 Å². The summed E-state index contributed by atoms with van der Waals surface area (Å²) in [6.45, 7) is 3.68. The molecule has 0 saturated heterocycles. The number of pyridine rings is 2. The van der Waals surface area contributed by atoms with E-state index in [-0.39, 0.29) is 6.54 Å². The number of hydrogen-bond acceptors (Lipinski definition) is 6. The fraction of sp³-hybridized carbons (Fsp3) is 0.167. The number of nitrogens with one attached hydrogen (secondary N) is 4. The van der Waals surface area contributed by atoms with Crippen LogP contribution in [-0.4, -0.2) is 46.4 Å². The lowest BCUT2D eigenvalue weighted by atomic mass is 9.99. The van der Waals surface area contributed by atoms with E-state index in [1.54, 1.807) is 6.07 Å². The van der Waals surface area contributed by atoms with Crippen molar-refractivity contribution < 1.29 is 12.8 Å². The number of halogens is 1. The number of nitrogens with zero attached hydrogens (tertiary/aromatic N) is 3. The third kappa shape index (κ3) is 5.73.